The minimum Gasteiger partial charge on any atom is -0.506 e. The van der Waals surface area contributed by atoms with Crippen LogP contribution in [0.5, 0.6) is 5.75 Å². The van der Waals surface area contributed by atoms with Crippen LogP contribution >= 0.6 is 11.8 Å². The molecule has 22 N–H and O–H groups in total. The van der Waals surface area contributed by atoms with Crippen molar-refractivity contribution in [1.29, 1.82) is 0 Å². The topological polar surface area (TPSA) is 554 Å². The highest BCUT2D eigenvalue weighted by molar-refractivity contribution is 7.98. The number of carbonyl (C=O) groups is 11. The third-order valence-corrected chi connectivity index (χ3v) is 16.5. The van der Waals surface area contributed by atoms with Crippen LogP contribution in [0.3, 0.4) is 0 Å². The second-order valence-electron chi connectivity index (χ2n) is 22.8. The van der Waals surface area contributed by atoms with Crippen molar-refractivity contribution in [2.24, 2.45) is 50.5 Å². The van der Waals surface area contributed by atoms with Gasteiger partial charge in [0.2, 0.25) is 75.0 Å². The van der Waals surface area contributed by atoms with E-state index in [1.54, 1.807) is 27.7 Å². The molecule has 92 heavy (non-hydrogen) atoms. The summed E-state index contributed by atoms with van der Waals surface area (Å²) in [4.78, 5) is 160. The Labute approximate surface area is 538 Å². The highest BCUT2D eigenvalue weighted by Crippen LogP contribution is 2.31. The Bertz CT molecular complexity index is 3110. The summed E-state index contributed by atoms with van der Waals surface area (Å²) in [6, 6.07) is -8.15. The molecule has 2 aromatic rings. The largest absolute Gasteiger partial charge is 0.506 e. The lowest BCUT2D eigenvalue weighted by atomic mass is 10.0. The number of pyridine rings is 1. The molecule has 34 nitrogen and oxygen atoms in total. The second-order valence-corrected chi connectivity index (χ2v) is 26.0. The van der Waals surface area contributed by atoms with Crippen LogP contribution < -0.4 is 81.8 Å². The van der Waals surface area contributed by atoms with Gasteiger partial charge in [0.1, 0.15) is 71.7 Å². The smallest absolute Gasteiger partial charge is 0.245 e. The molecule has 36 heteroatoms. The maximum Gasteiger partial charge on any atom is 0.245 e. The van der Waals surface area contributed by atoms with Gasteiger partial charge >= 0.3 is 0 Å². The summed E-state index contributed by atoms with van der Waals surface area (Å²) in [6.07, 6.45) is 0.0447. The number of amides is 11. The number of aromatic nitrogens is 1. The molecule has 0 fully saturated rings. The van der Waals surface area contributed by atoms with Gasteiger partial charge in [0, 0.05) is 51.0 Å². The van der Waals surface area contributed by atoms with Gasteiger partial charge in [0.05, 0.1) is 17.2 Å². The number of primary amides is 1. The fourth-order valence-electron chi connectivity index (χ4n) is 8.55. The van der Waals surface area contributed by atoms with Gasteiger partial charge in [-0.05, 0) is 102 Å². The first kappa shape index (κ1) is 79.5. The van der Waals surface area contributed by atoms with E-state index in [4.69, 9.17) is 28.7 Å². The maximum atomic E-state index is 14.3. The number of fused-ring (bicyclic) bond motifs is 1. The molecular weight excluding hydrogens is 1240 g/mol. The van der Waals surface area contributed by atoms with E-state index in [0.717, 1.165) is 16.1 Å². The Morgan fingerprint density at radius 2 is 0.924 bits per heavy atom. The number of phenolic OH excluding ortho intramolecular Hbond substituents is 1. The van der Waals surface area contributed by atoms with Crippen LogP contribution in [0, 0.1) is 11.8 Å². The maximum absolute atomic E-state index is 14.3. The number of phenols is 1. The molecule has 2 rings (SSSR count). The zero-order valence-electron chi connectivity index (χ0n) is 53.7. The number of nitrogens with zero attached hydrogens (tertiary/aromatic N) is 4. The van der Waals surface area contributed by atoms with Gasteiger partial charge in [-0.15, -0.1) is 0 Å². The molecule has 10 atom stereocenters. The number of aromatic hydroxyl groups is 1. The van der Waals surface area contributed by atoms with E-state index in [0.29, 0.717) is 5.69 Å². The van der Waals surface area contributed by atoms with E-state index in [9.17, 15) is 71.4 Å². The molecule has 0 aliphatic heterocycles. The molecule has 1 aromatic heterocycles. The minimum absolute atomic E-state index is 0.00925. The molecule has 11 amide bonds. The molecule has 0 aliphatic rings. The lowest BCUT2D eigenvalue weighted by molar-refractivity contribution is -0.136. The van der Waals surface area contributed by atoms with Crippen molar-refractivity contribution in [3.63, 3.8) is 0 Å². The molecule has 514 valence electrons. The number of carbonyl (C=O) groups excluding carboxylic acids is 11. The molecule has 0 bridgehead atoms. The predicted octanol–water partition coefficient (Wildman–Crippen LogP) is -4.95. The summed E-state index contributed by atoms with van der Waals surface area (Å²) < 4.78 is 27.1. The number of aliphatic hydroxyl groups is 1. The summed E-state index contributed by atoms with van der Waals surface area (Å²) in [5.41, 5.74) is 27.6. The van der Waals surface area contributed by atoms with Crippen LogP contribution in [0.4, 0.5) is 0 Å². The SMILES string of the molecule is CC(=O)N[C@@H](C)C(=O)N[C@@H](CC(C)C)C(=O)N[C@@H](CCCN=C(N)N)C(=O)N[C@@H](CCCN=C(N)N)C(=O)N[C@@H](C)C(=O)N[C@@H](CO)C(=O)N[C@@H](CC(C)C)C(=O)N[C@@H](CSCc1ccc2c(S(=O)(=O)N(C)C)ccc(O)c2n1)C(=O)N[C@@H](C)C(=O)N[C@@H](C)C(N)=O. The highest BCUT2D eigenvalue weighted by Gasteiger charge is 2.35. The average Bonchev–Trinajstić information content (AvgIpc) is 0.785. The minimum atomic E-state index is -3.96. The summed E-state index contributed by atoms with van der Waals surface area (Å²) in [5.74, 6) is -10.8. The van der Waals surface area contributed by atoms with Crippen molar-refractivity contribution in [2.45, 2.75) is 172 Å². The van der Waals surface area contributed by atoms with Crippen molar-refractivity contribution in [2.75, 3.05) is 39.5 Å². The van der Waals surface area contributed by atoms with E-state index in [2.05, 4.69) is 68.1 Å². The number of nitrogens with two attached hydrogens (primary N) is 5. The zero-order valence-corrected chi connectivity index (χ0v) is 55.3. The number of benzene rings is 1. The van der Waals surface area contributed by atoms with Gasteiger partial charge in [-0.2, -0.15) is 11.8 Å². The van der Waals surface area contributed by atoms with Crippen LogP contribution in [0.2, 0.25) is 0 Å². The summed E-state index contributed by atoms with van der Waals surface area (Å²) in [7, 11) is -1.26. The molecule has 1 heterocycles. The first-order valence-electron chi connectivity index (χ1n) is 29.5. The number of nitrogens with one attached hydrogen (secondary N) is 10. The van der Waals surface area contributed by atoms with E-state index in [1.807, 2.05) is 0 Å². The monoisotopic (exact) mass is 1340 g/mol. The van der Waals surface area contributed by atoms with Crippen molar-refractivity contribution in [3.05, 3.63) is 30.0 Å². The first-order valence-corrected chi connectivity index (χ1v) is 32.1. The lowest BCUT2D eigenvalue weighted by Crippen LogP contribution is -2.61. The number of rotatable bonds is 39. The zero-order chi connectivity index (χ0) is 69.9. The highest BCUT2D eigenvalue weighted by atomic mass is 32.2. The summed E-state index contributed by atoms with van der Waals surface area (Å²) in [5, 5.41) is 46.4. The fourth-order valence-corrected chi connectivity index (χ4v) is 10.6. The Kier molecular flexibility index (Phi) is 33.0. The number of thioether (sulfide) groups is 1. The first-order chi connectivity index (χ1) is 42.9. The second kappa shape index (κ2) is 38.3. The number of guanidine groups is 2. The number of hydrogen-bond donors (Lipinski definition) is 17. The number of aliphatic imine (C=N–C) groups is 2. The third-order valence-electron chi connectivity index (χ3n) is 13.5. The van der Waals surface area contributed by atoms with Crippen LogP contribution in [0.25, 0.3) is 10.9 Å². The lowest BCUT2D eigenvalue weighted by Gasteiger charge is -2.27. The van der Waals surface area contributed by atoms with Gasteiger partial charge < -0.3 is 92.0 Å². The van der Waals surface area contributed by atoms with Crippen molar-refractivity contribution in [1.82, 2.24) is 62.5 Å². The number of hydrogen-bond acceptors (Lipinski definition) is 19. The van der Waals surface area contributed by atoms with Gasteiger partial charge in [-0.1, -0.05) is 27.7 Å². The molecule has 0 saturated heterocycles. The molecule has 0 spiro atoms. The van der Waals surface area contributed by atoms with E-state index < -0.39 is 142 Å². The molecule has 1 aromatic carbocycles. The summed E-state index contributed by atoms with van der Waals surface area (Å²) >= 11 is 1.06. The predicted molar refractivity (Wildman–Crippen MR) is 343 cm³/mol. The van der Waals surface area contributed by atoms with E-state index >= 15 is 0 Å². The van der Waals surface area contributed by atoms with Crippen LogP contribution in [-0.2, 0) is 68.5 Å². The van der Waals surface area contributed by atoms with Crippen molar-refractivity contribution in [3.8, 4) is 5.75 Å². The van der Waals surface area contributed by atoms with Gasteiger partial charge in [0.25, 0.3) is 0 Å². The van der Waals surface area contributed by atoms with Gasteiger partial charge in [0.15, 0.2) is 11.9 Å². The Hall–Kier alpha value is -8.64. The van der Waals surface area contributed by atoms with Crippen LogP contribution in [-0.4, -0.2) is 205 Å². The molecule has 0 saturated carbocycles. The van der Waals surface area contributed by atoms with Gasteiger partial charge in [-0.25, -0.2) is 17.7 Å². The number of aliphatic hydroxyl groups excluding tert-OH is 1. The third kappa shape index (κ3) is 27.1. The van der Waals surface area contributed by atoms with Gasteiger partial charge in [-0.3, -0.25) is 62.7 Å². The molecule has 0 aliphatic carbocycles. The van der Waals surface area contributed by atoms with Crippen molar-refractivity contribution >= 4 is 110 Å². The van der Waals surface area contributed by atoms with E-state index in [-0.39, 0.29) is 108 Å². The fraction of sp³-hybridized carbons (Fsp3) is 0.607. The average molecular weight is 1340 g/mol. The quantitative estimate of drug-likeness (QED) is 0.0169. The molecular formula is C56H93N19O15S2. The van der Waals surface area contributed by atoms with Crippen LogP contribution in [0.1, 0.15) is 107 Å². The Balaban J connectivity index is 2.43. The van der Waals surface area contributed by atoms with Crippen LogP contribution in [0.15, 0.2) is 39.1 Å². The molecule has 0 unspecified atom stereocenters. The van der Waals surface area contributed by atoms with E-state index in [1.165, 1.54) is 73.0 Å². The Morgan fingerprint density at radius 3 is 1.37 bits per heavy atom. The summed E-state index contributed by atoms with van der Waals surface area (Å²) in [6.45, 7) is 12.5. The normalized spacial score (nSPS) is 14.6. The Morgan fingerprint density at radius 1 is 0.533 bits per heavy atom. The molecule has 0 radical (unpaired) electrons. The number of sulfonamides is 1. The standard InChI is InChI=1S/C56H93N19O15S2/c1-27(2)22-38(71-47(81)30(6)64-33(9)77)51(85)70-37(15-13-21-63-56(60)61)50(84)69-36(14-12-20-62-55(58)59)49(83)66-32(8)48(82)73-40(24-76)53(87)72-39(23-28(3)4)52(86)74-41(54(88)67-31(7)46(80)65-29(5)45(57)79)26-91-25-34-16-17-35-43(92(89,90)75(10)11)19-18-42(78)44(35)68-34/h16-19,27-32,36-41,76,78H,12-15,20-26H2,1-11H3,(H2,57,79)(H,64,77)(H,65,80)(H,66,83)(H,67,88)(H,69,84)(H,70,85)(H,71,81)(H,72,87)(H,73,82)(H,74,86)(H4,58,59,62)(H4,60,61,63)/t29-,30-,31-,32-,36-,37-,38-,39-,40-,41-/m0/s1. The van der Waals surface area contributed by atoms with Crippen molar-refractivity contribution < 1.29 is 71.4 Å².